The number of anilines is 3. The van der Waals surface area contributed by atoms with Crippen LogP contribution in [0.4, 0.5) is 17.2 Å². The molecule has 3 aromatic heterocycles. The first-order valence-electron chi connectivity index (χ1n) is 10.1. The van der Waals surface area contributed by atoms with Crippen LogP contribution in [0.5, 0.6) is 0 Å². The summed E-state index contributed by atoms with van der Waals surface area (Å²) in [5.41, 5.74) is 6.75. The Morgan fingerprint density at radius 1 is 1.03 bits per heavy atom. The molecule has 0 aliphatic rings. The maximum absolute atomic E-state index is 6.41. The molecule has 154 valence electrons. The van der Waals surface area contributed by atoms with Gasteiger partial charge in [-0.25, -0.2) is 9.97 Å². The number of aromatic nitrogens is 4. The van der Waals surface area contributed by atoms with Crippen molar-refractivity contribution in [1.29, 1.82) is 0 Å². The van der Waals surface area contributed by atoms with Crippen LogP contribution < -0.4 is 10.6 Å². The molecule has 2 aromatic carbocycles. The summed E-state index contributed by atoms with van der Waals surface area (Å²) in [4.78, 5) is 13.6. The summed E-state index contributed by atoms with van der Waals surface area (Å²) >= 11 is 6.41. The fourth-order valence-corrected chi connectivity index (χ4v) is 3.91. The number of hydrogen-bond acceptors (Lipinski definition) is 5. The van der Waals surface area contributed by atoms with Crippen LogP contribution in [0.15, 0.2) is 73.3 Å². The quantitative estimate of drug-likeness (QED) is 0.366. The first-order valence-corrected chi connectivity index (χ1v) is 10.5. The Hall–Kier alpha value is -3.64. The van der Waals surface area contributed by atoms with Gasteiger partial charge in [-0.1, -0.05) is 29.8 Å². The molecule has 6 nitrogen and oxygen atoms in total. The topological polar surface area (TPSA) is 67.1 Å². The van der Waals surface area contributed by atoms with Gasteiger partial charge < -0.3 is 10.6 Å². The minimum atomic E-state index is 0.659. The number of aryl methyl sites for hydroxylation is 1. The molecule has 0 aliphatic carbocycles. The number of para-hydroxylation sites is 1. The number of nitrogens with zero attached hydrogens (tertiary/aromatic N) is 4. The number of halogens is 1. The number of imidazole rings is 1. The summed E-state index contributed by atoms with van der Waals surface area (Å²) in [6.07, 6.45) is 6.30. The maximum atomic E-state index is 6.41. The predicted molar refractivity (Wildman–Crippen MR) is 126 cm³/mol. The lowest BCUT2D eigenvalue weighted by Gasteiger charge is -2.14. The van der Waals surface area contributed by atoms with Crippen molar-refractivity contribution in [3.05, 3.63) is 89.6 Å². The molecular weight excluding hydrogens is 408 g/mol. The highest BCUT2D eigenvalue weighted by Gasteiger charge is 2.12. The van der Waals surface area contributed by atoms with Crippen LogP contribution in [0.2, 0.25) is 5.02 Å². The van der Waals surface area contributed by atoms with E-state index in [1.807, 2.05) is 78.6 Å². The summed E-state index contributed by atoms with van der Waals surface area (Å²) in [7, 11) is 0. The second kappa shape index (κ2) is 8.24. The van der Waals surface area contributed by atoms with E-state index in [0.29, 0.717) is 5.02 Å². The Morgan fingerprint density at radius 3 is 2.81 bits per heavy atom. The summed E-state index contributed by atoms with van der Waals surface area (Å²) in [5, 5.41) is 7.54. The summed E-state index contributed by atoms with van der Waals surface area (Å²) < 4.78 is 2.04. The molecule has 31 heavy (non-hydrogen) atoms. The van der Waals surface area contributed by atoms with Crippen LogP contribution in [0.3, 0.4) is 0 Å². The molecule has 0 atom stereocenters. The van der Waals surface area contributed by atoms with E-state index in [-0.39, 0.29) is 0 Å². The number of fused-ring (bicyclic) bond motifs is 3. The third-order valence-electron chi connectivity index (χ3n) is 5.25. The second-order valence-corrected chi connectivity index (χ2v) is 7.77. The Balaban J connectivity index is 1.45. The van der Waals surface area contributed by atoms with Gasteiger partial charge in [-0.3, -0.25) is 9.38 Å². The summed E-state index contributed by atoms with van der Waals surface area (Å²) in [6, 6.07) is 18.0. The molecule has 0 saturated heterocycles. The van der Waals surface area contributed by atoms with Crippen LogP contribution in [-0.4, -0.2) is 25.9 Å². The fourth-order valence-electron chi connectivity index (χ4n) is 3.64. The van der Waals surface area contributed by atoms with E-state index in [1.165, 1.54) is 0 Å². The smallest absolute Gasteiger partial charge is 0.157 e. The summed E-state index contributed by atoms with van der Waals surface area (Å²) in [6.45, 7) is 2.82. The van der Waals surface area contributed by atoms with Gasteiger partial charge in [0.2, 0.25) is 0 Å². The number of pyridine rings is 1. The van der Waals surface area contributed by atoms with Crippen molar-refractivity contribution >= 4 is 45.3 Å². The lowest BCUT2D eigenvalue weighted by molar-refractivity contribution is 0.961. The highest BCUT2D eigenvalue weighted by molar-refractivity contribution is 6.33. The van der Waals surface area contributed by atoms with E-state index in [4.69, 9.17) is 16.6 Å². The summed E-state index contributed by atoms with van der Waals surface area (Å²) in [5.74, 6) is 0.720. The molecule has 0 saturated carbocycles. The predicted octanol–water partition coefficient (Wildman–Crippen LogP) is 5.64. The van der Waals surface area contributed by atoms with E-state index < -0.39 is 0 Å². The monoisotopic (exact) mass is 428 g/mol. The van der Waals surface area contributed by atoms with Crippen molar-refractivity contribution in [2.75, 3.05) is 17.2 Å². The van der Waals surface area contributed by atoms with Crippen molar-refractivity contribution in [1.82, 2.24) is 19.4 Å². The Kier molecular flexibility index (Phi) is 5.14. The van der Waals surface area contributed by atoms with Crippen molar-refractivity contribution in [2.45, 2.75) is 13.3 Å². The van der Waals surface area contributed by atoms with Gasteiger partial charge in [0.1, 0.15) is 5.52 Å². The average molecular weight is 429 g/mol. The molecule has 5 aromatic rings. The zero-order valence-electron chi connectivity index (χ0n) is 17.0. The molecule has 0 amide bonds. The van der Waals surface area contributed by atoms with Crippen molar-refractivity contribution in [2.24, 2.45) is 0 Å². The highest BCUT2D eigenvalue weighted by Crippen LogP contribution is 2.31. The zero-order chi connectivity index (χ0) is 21.2. The van der Waals surface area contributed by atoms with E-state index in [9.17, 15) is 0 Å². The van der Waals surface area contributed by atoms with E-state index in [2.05, 4.69) is 26.7 Å². The molecular formula is C24H21ClN6. The first-order chi connectivity index (χ1) is 15.2. The van der Waals surface area contributed by atoms with Gasteiger partial charge in [0.15, 0.2) is 5.82 Å². The van der Waals surface area contributed by atoms with E-state index in [0.717, 1.165) is 58.0 Å². The molecule has 7 heteroatoms. The molecule has 0 spiro atoms. The number of hydrogen-bond donors (Lipinski definition) is 2. The molecule has 2 N–H and O–H groups in total. The molecule has 0 radical (unpaired) electrons. The largest absolute Gasteiger partial charge is 0.385 e. The van der Waals surface area contributed by atoms with Crippen molar-refractivity contribution in [3.8, 4) is 0 Å². The van der Waals surface area contributed by atoms with Crippen molar-refractivity contribution < 1.29 is 0 Å². The van der Waals surface area contributed by atoms with Gasteiger partial charge >= 0.3 is 0 Å². The van der Waals surface area contributed by atoms with Gasteiger partial charge in [-0.15, -0.1) is 0 Å². The van der Waals surface area contributed by atoms with Crippen LogP contribution in [0.25, 0.3) is 16.6 Å². The SMILES string of the molecule is Cc1cccc(Cl)c1Nc1nc2ccc(NCCc3ccccn3)cc2n2cncc12. The number of benzene rings is 2. The third-order valence-corrected chi connectivity index (χ3v) is 5.57. The zero-order valence-corrected chi connectivity index (χ0v) is 17.8. The second-order valence-electron chi connectivity index (χ2n) is 7.37. The standard InChI is InChI=1S/C24H21ClN6/c1-16-5-4-7-19(25)23(16)30-24-22-14-26-15-31(22)21-13-18(8-9-20(21)29-24)28-12-10-17-6-2-3-11-27-17/h2-9,11,13-15,28H,10,12H2,1H3,(H,29,30). The minimum absolute atomic E-state index is 0.659. The highest BCUT2D eigenvalue weighted by atomic mass is 35.5. The van der Waals surface area contributed by atoms with Gasteiger partial charge in [-0.05, 0) is 48.9 Å². The molecule has 0 bridgehead atoms. The Labute approximate surface area is 185 Å². The average Bonchev–Trinajstić information content (AvgIpc) is 3.28. The van der Waals surface area contributed by atoms with E-state index >= 15 is 0 Å². The van der Waals surface area contributed by atoms with Crippen LogP contribution in [0, 0.1) is 6.92 Å². The number of rotatable bonds is 6. The lowest BCUT2D eigenvalue weighted by atomic mass is 10.2. The molecule has 0 unspecified atom stereocenters. The Morgan fingerprint density at radius 2 is 1.97 bits per heavy atom. The van der Waals surface area contributed by atoms with Gasteiger partial charge in [0.25, 0.3) is 0 Å². The normalized spacial score (nSPS) is 11.2. The molecule has 0 aliphatic heterocycles. The minimum Gasteiger partial charge on any atom is -0.385 e. The third kappa shape index (κ3) is 3.90. The maximum Gasteiger partial charge on any atom is 0.157 e. The van der Waals surface area contributed by atoms with Crippen LogP contribution in [0.1, 0.15) is 11.3 Å². The van der Waals surface area contributed by atoms with Crippen molar-refractivity contribution in [3.63, 3.8) is 0 Å². The van der Waals surface area contributed by atoms with Gasteiger partial charge in [0, 0.05) is 30.5 Å². The molecule has 3 heterocycles. The van der Waals surface area contributed by atoms with Crippen LogP contribution in [-0.2, 0) is 6.42 Å². The van der Waals surface area contributed by atoms with E-state index in [1.54, 1.807) is 0 Å². The molecule has 0 fully saturated rings. The van der Waals surface area contributed by atoms with Gasteiger partial charge in [-0.2, -0.15) is 0 Å². The fraction of sp³-hybridized carbons (Fsp3) is 0.125. The first kappa shape index (κ1) is 19.3. The van der Waals surface area contributed by atoms with Gasteiger partial charge in [0.05, 0.1) is 34.3 Å². The number of nitrogens with one attached hydrogen (secondary N) is 2. The lowest BCUT2D eigenvalue weighted by Crippen LogP contribution is -2.06. The van der Waals surface area contributed by atoms with Crippen LogP contribution >= 0.6 is 11.6 Å². The molecule has 5 rings (SSSR count). The Bertz CT molecular complexity index is 1340.